The summed E-state index contributed by atoms with van der Waals surface area (Å²) in [4.78, 5) is 0. The number of nitrogens with two attached hydrogens (primary N) is 1. The fourth-order valence-electron chi connectivity index (χ4n) is 1.47. The highest BCUT2D eigenvalue weighted by Gasteiger charge is 2.13. The highest BCUT2D eigenvalue weighted by atomic mass is 35.5. The number of halogens is 1. The standard InChI is InChI=1S/C11H17ClN2O/c1-7-4-11(15-3)8(5-9(7)12)10(13)6-14-2/h4-5,10,14H,6,13H2,1-3H3. The smallest absolute Gasteiger partial charge is 0.124 e. The van der Waals surface area contributed by atoms with Crippen LogP contribution in [0.15, 0.2) is 12.1 Å². The zero-order chi connectivity index (χ0) is 11.4. The van der Waals surface area contributed by atoms with E-state index >= 15 is 0 Å². The van der Waals surface area contributed by atoms with E-state index in [0.29, 0.717) is 6.54 Å². The van der Waals surface area contributed by atoms with Crippen LogP contribution >= 0.6 is 11.6 Å². The molecule has 0 amide bonds. The van der Waals surface area contributed by atoms with Crippen LogP contribution in [-0.4, -0.2) is 20.7 Å². The molecular formula is C11H17ClN2O. The molecule has 3 N–H and O–H groups in total. The van der Waals surface area contributed by atoms with Gasteiger partial charge in [-0.3, -0.25) is 0 Å². The van der Waals surface area contributed by atoms with E-state index in [4.69, 9.17) is 22.1 Å². The first kappa shape index (κ1) is 12.3. The molecule has 0 fully saturated rings. The number of rotatable bonds is 4. The first-order valence-electron chi connectivity index (χ1n) is 4.84. The maximum absolute atomic E-state index is 6.06. The van der Waals surface area contributed by atoms with Gasteiger partial charge < -0.3 is 15.8 Å². The van der Waals surface area contributed by atoms with E-state index in [1.807, 2.05) is 26.1 Å². The Kier molecular flexibility index (Phi) is 4.39. The van der Waals surface area contributed by atoms with E-state index in [0.717, 1.165) is 21.9 Å². The lowest BCUT2D eigenvalue weighted by molar-refractivity contribution is 0.404. The van der Waals surface area contributed by atoms with Gasteiger partial charge in [0.2, 0.25) is 0 Å². The predicted molar refractivity (Wildman–Crippen MR) is 63.6 cm³/mol. The van der Waals surface area contributed by atoms with Crippen molar-refractivity contribution < 1.29 is 4.74 Å². The summed E-state index contributed by atoms with van der Waals surface area (Å²) in [6.45, 7) is 2.63. The van der Waals surface area contributed by atoms with Crippen molar-refractivity contribution in [1.82, 2.24) is 5.32 Å². The van der Waals surface area contributed by atoms with Gasteiger partial charge in [0.25, 0.3) is 0 Å². The van der Waals surface area contributed by atoms with E-state index in [9.17, 15) is 0 Å². The van der Waals surface area contributed by atoms with E-state index in [1.165, 1.54) is 0 Å². The minimum absolute atomic E-state index is 0.108. The molecule has 0 aliphatic heterocycles. The van der Waals surface area contributed by atoms with Gasteiger partial charge in [0.05, 0.1) is 7.11 Å². The molecule has 84 valence electrons. The molecule has 0 aliphatic rings. The first-order valence-corrected chi connectivity index (χ1v) is 5.22. The lowest BCUT2D eigenvalue weighted by Crippen LogP contribution is -2.24. The van der Waals surface area contributed by atoms with Crippen LogP contribution in [0.5, 0.6) is 5.75 Å². The van der Waals surface area contributed by atoms with Crippen molar-refractivity contribution in [2.45, 2.75) is 13.0 Å². The summed E-state index contributed by atoms with van der Waals surface area (Å²) in [5.74, 6) is 0.791. The van der Waals surface area contributed by atoms with Crippen LogP contribution in [0.4, 0.5) is 0 Å². The maximum Gasteiger partial charge on any atom is 0.124 e. The summed E-state index contributed by atoms with van der Waals surface area (Å²) < 4.78 is 5.28. The van der Waals surface area contributed by atoms with Crippen molar-refractivity contribution >= 4 is 11.6 Å². The summed E-state index contributed by atoms with van der Waals surface area (Å²) in [6.07, 6.45) is 0. The van der Waals surface area contributed by atoms with Gasteiger partial charge in [-0.25, -0.2) is 0 Å². The normalized spacial score (nSPS) is 12.6. The van der Waals surface area contributed by atoms with Crippen LogP contribution in [0, 0.1) is 6.92 Å². The predicted octanol–water partition coefficient (Wildman–Crippen LogP) is 1.88. The second-order valence-corrected chi connectivity index (χ2v) is 3.91. The molecule has 4 heteroatoms. The van der Waals surface area contributed by atoms with Crippen LogP contribution in [0.1, 0.15) is 17.2 Å². The number of benzene rings is 1. The molecule has 0 radical (unpaired) electrons. The number of ether oxygens (including phenoxy) is 1. The van der Waals surface area contributed by atoms with Gasteiger partial charge in [-0.1, -0.05) is 11.6 Å². The first-order chi connectivity index (χ1) is 7.10. The molecule has 0 bridgehead atoms. The summed E-state index contributed by atoms with van der Waals surface area (Å²) in [5, 5.41) is 3.75. The van der Waals surface area contributed by atoms with Crippen LogP contribution < -0.4 is 15.8 Å². The molecule has 0 heterocycles. The van der Waals surface area contributed by atoms with Crippen molar-refractivity contribution in [3.63, 3.8) is 0 Å². The average Bonchev–Trinajstić information content (AvgIpc) is 2.21. The second kappa shape index (κ2) is 5.35. The fraction of sp³-hybridized carbons (Fsp3) is 0.455. The quantitative estimate of drug-likeness (QED) is 0.827. The zero-order valence-electron chi connectivity index (χ0n) is 9.30. The number of likely N-dealkylation sites (N-methyl/N-ethyl adjacent to an activating group) is 1. The average molecular weight is 229 g/mol. The molecular weight excluding hydrogens is 212 g/mol. The van der Waals surface area contributed by atoms with Gasteiger partial charge in [0, 0.05) is 23.2 Å². The van der Waals surface area contributed by atoms with Crippen molar-refractivity contribution in [2.24, 2.45) is 5.73 Å². The number of methoxy groups -OCH3 is 1. The SMILES string of the molecule is CNCC(N)c1cc(Cl)c(C)cc1OC. The van der Waals surface area contributed by atoms with Crippen LogP contribution in [-0.2, 0) is 0 Å². The van der Waals surface area contributed by atoms with Gasteiger partial charge in [0.1, 0.15) is 5.75 Å². The van der Waals surface area contributed by atoms with E-state index in [-0.39, 0.29) is 6.04 Å². The Hall–Kier alpha value is -0.770. The lowest BCUT2D eigenvalue weighted by atomic mass is 10.0. The maximum atomic E-state index is 6.06. The molecule has 1 atom stereocenters. The molecule has 0 spiro atoms. The lowest BCUT2D eigenvalue weighted by Gasteiger charge is -2.16. The highest BCUT2D eigenvalue weighted by molar-refractivity contribution is 6.31. The van der Waals surface area contributed by atoms with E-state index < -0.39 is 0 Å². The molecule has 0 aliphatic carbocycles. The minimum Gasteiger partial charge on any atom is -0.496 e. The molecule has 0 aromatic heterocycles. The fourth-order valence-corrected chi connectivity index (χ4v) is 1.64. The number of nitrogens with one attached hydrogen (secondary N) is 1. The van der Waals surface area contributed by atoms with Gasteiger partial charge in [-0.2, -0.15) is 0 Å². The molecule has 1 aromatic rings. The van der Waals surface area contributed by atoms with E-state index in [1.54, 1.807) is 7.11 Å². The topological polar surface area (TPSA) is 47.3 Å². The summed E-state index contributed by atoms with van der Waals surface area (Å²) in [5.41, 5.74) is 7.93. The largest absolute Gasteiger partial charge is 0.496 e. The van der Waals surface area contributed by atoms with Crippen molar-refractivity contribution in [3.8, 4) is 5.75 Å². The van der Waals surface area contributed by atoms with E-state index in [2.05, 4.69) is 5.32 Å². The third kappa shape index (κ3) is 2.84. The Labute approximate surface area is 95.6 Å². The monoisotopic (exact) mass is 228 g/mol. The highest BCUT2D eigenvalue weighted by Crippen LogP contribution is 2.29. The third-order valence-corrected chi connectivity index (χ3v) is 2.74. The van der Waals surface area contributed by atoms with Gasteiger partial charge in [-0.15, -0.1) is 0 Å². The molecule has 1 rings (SSSR count). The number of hydrogen-bond donors (Lipinski definition) is 2. The Morgan fingerprint density at radius 2 is 2.20 bits per heavy atom. The molecule has 15 heavy (non-hydrogen) atoms. The Morgan fingerprint density at radius 3 is 2.73 bits per heavy atom. The zero-order valence-corrected chi connectivity index (χ0v) is 10.1. The van der Waals surface area contributed by atoms with Gasteiger partial charge in [-0.05, 0) is 31.7 Å². The minimum atomic E-state index is -0.108. The summed E-state index contributed by atoms with van der Waals surface area (Å²) in [6, 6.07) is 3.67. The number of hydrogen-bond acceptors (Lipinski definition) is 3. The molecule has 0 saturated heterocycles. The van der Waals surface area contributed by atoms with Gasteiger partial charge in [0.15, 0.2) is 0 Å². The summed E-state index contributed by atoms with van der Waals surface area (Å²) in [7, 11) is 3.50. The van der Waals surface area contributed by atoms with Crippen molar-refractivity contribution in [2.75, 3.05) is 20.7 Å². The molecule has 1 unspecified atom stereocenters. The second-order valence-electron chi connectivity index (χ2n) is 3.51. The summed E-state index contributed by atoms with van der Waals surface area (Å²) >= 11 is 6.06. The third-order valence-electron chi connectivity index (χ3n) is 2.33. The Bertz CT molecular complexity index is 342. The van der Waals surface area contributed by atoms with Crippen LogP contribution in [0.2, 0.25) is 5.02 Å². The number of aryl methyl sites for hydroxylation is 1. The van der Waals surface area contributed by atoms with Crippen LogP contribution in [0.25, 0.3) is 0 Å². The van der Waals surface area contributed by atoms with Crippen molar-refractivity contribution in [3.05, 3.63) is 28.3 Å². The molecule has 1 aromatic carbocycles. The van der Waals surface area contributed by atoms with Crippen molar-refractivity contribution in [1.29, 1.82) is 0 Å². The molecule has 0 saturated carbocycles. The Morgan fingerprint density at radius 1 is 1.53 bits per heavy atom. The van der Waals surface area contributed by atoms with Crippen LogP contribution in [0.3, 0.4) is 0 Å². The Balaban J connectivity index is 3.09. The van der Waals surface area contributed by atoms with Gasteiger partial charge >= 0.3 is 0 Å². The molecule has 3 nitrogen and oxygen atoms in total.